The summed E-state index contributed by atoms with van der Waals surface area (Å²) in [4.78, 5) is 26.7. The first-order valence-electron chi connectivity index (χ1n) is 9.93. The molecule has 174 valence electrons. The number of benzene rings is 3. The minimum absolute atomic E-state index is 0.0323. The van der Waals surface area contributed by atoms with Crippen LogP contribution in [0.15, 0.2) is 81.0 Å². The number of carbonyl (C=O) groups excluding carboxylic acids is 2. The molecule has 0 N–H and O–H groups in total. The average Bonchev–Trinajstić information content (AvgIpc) is 3.04. The molecule has 1 aliphatic rings. The summed E-state index contributed by atoms with van der Waals surface area (Å²) >= 11 is 9.99. The fourth-order valence-electron chi connectivity index (χ4n) is 3.11. The molecule has 0 aliphatic carbocycles. The number of imide groups is 1. The molecule has 1 heterocycles. The topological polar surface area (TPSA) is 80.8 Å². The number of amides is 2. The number of halogens is 2. The van der Waals surface area contributed by atoms with Gasteiger partial charge in [0, 0.05) is 5.02 Å². The summed E-state index contributed by atoms with van der Waals surface area (Å²) in [7, 11) is -4.06. The molecule has 0 spiro atoms. The van der Waals surface area contributed by atoms with Crippen LogP contribution in [0.25, 0.3) is 6.08 Å². The molecule has 0 radical (unpaired) electrons. The maximum Gasteiger partial charge on any atom is 0.339 e. The molecule has 0 atom stereocenters. The standard InChI is InChI=1S/C24H17BrClNO5S2/c1-15-2-4-16(5-3-15)14-27-23(28)22(33-24(27)29)13-17-6-11-21(20(25)12-17)32-34(30,31)19-9-7-18(26)8-10-19/h2-13H,14H2,1H3/b22-13-. The van der Waals surface area contributed by atoms with Crippen LogP contribution < -0.4 is 4.18 Å². The van der Waals surface area contributed by atoms with E-state index in [1.165, 1.54) is 35.2 Å². The van der Waals surface area contributed by atoms with Gasteiger partial charge in [0.05, 0.1) is 15.9 Å². The highest BCUT2D eigenvalue weighted by atomic mass is 79.9. The number of nitrogens with zero attached hydrogens (tertiary/aromatic N) is 1. The average molecular weight is 579 g/mol. The first kappa shape index (κ1) is 24.5. The predicted molar refractivity (Wildman–Crippen MR) is 136 cm³/mol. The lowest BCUT2D eigenvalue weighted by molar-refractivity contribution is -0.123. The van der Waals surface area contributed by atoms with E-state index < -0.39 is 10.1 Å². The zero-order valence-electron chi connectivity index (χ0n) is 17.7. The van der Waals surface area contributed by atoms with Crippen LogP contribution in [0.5, 0.6) is 5.75 Å². The highest BCUT2D eigenvalue weighted by Crippen LogP contribution is 2.35. The monoisotopic (exact) mass is 577 g/mol. The molecule has 3 aromatic carbocycles. The first-order chi connectivity index (χ1) is 16.1. The molecule has 1 saturated heterocycles. The highest BCUT2D eigenvalue weighted by Gasteiger charge is 2.35. The second-order valence-electron chi connectivity index (χ2n) is 7.43. The second-order valence-corrected chi connectivity index (χ2v) is 11.3. The molecule has 2 amide bonds. The summed E-state index contributed by atoms with van der Waals surface area (Å²) in [5.74, 6) is -0.295. The Kier molecular flexibility index (Phi) is 7.18. The third kappa shape index (κ3) is 5.55. The van der Waals surface area contributed by atoms with E-state index in [9.17, 15) is 18.0 Å². The van der Waals surface area contributed by atoms with Crippen molar-refractivity contribution in [2.24, 2.45) is 0 Å². The van der Waals surface area contributed by atoms with Gasteiger partial charge in [0.15, 0.2) is 5.75 Å². The van der Waals surface area contributed by atoms with Gasteiger partial charge in [-0.1, -0.05) is 47.5 Å². The maximum absolute atomic E-state index is 12.8. The van der Waals surface area contributed by atoms with E-state index in [0.717, 1.165) is 22.9 Å². The van der Waals surface area contributed by atoms with Crippen LogP contribution in [0.1, 0.15) is 16.7 Å². The van der Waals surface area contributed by atoms with Gasteiger partial charge in [0.2, 0.25) is 0 Å². The van der Waals surface area contributed by atoms with Crippen molar-refractivity contribution in [3.63, 3.8) is 0 Å². The summed E-state index contributed by atoms with van der Waals surface area (Å²) < 4.78 is 30.7. The fourth-order valence-corrected chi connectivity index (χ4v) is 5.60. The SMILES string of the molecule is Cc1ccc(CN2C(=O)S/C(=C\c3ccc(OS(=O)(=O)c4ccc(Cl)cc4)c(Br)c3)C2=O)cc1. The van der Waals surface area contributed by atoms with Crippen molar-refractivity contribution >= 4 is 66.6 Å². The minimum Gasteiger partial charge on any atom is -0.378 e. The normalized spacial score (nSPS) is 15.3. The van der Waals surface area contributed by atoms with Gasteiger partial charge in [0.25, 0.3) is 11.1 Å². The highest BCUT2D eigenvalue weighted by molar-refractivity contribution is 9.10. The number of thioether (sulfide) groups is 1. The Balaban J connectivity index is 1.51. The molecular weight excluding hydrogens is 562 g/mol. The minimum atomic E-state index is -4.06. The molecule has 1 fully saturated rings. The molecule has 4 rings (SSSR count). The van der Waals surface area contributed by atoms with E-state index in [1.807, 2.05) is 31.2 Å². The van der Waals surface area contributed by atoms with Gasteiger partial charge in [0.1, 0.15) is 4.90 Å². The Morgan fingerprint density at radius 2 is 1.71 bits per heavy atom. The van der Waals surface area contributed by atoms with Gasteiger partial charge < -0.3 is 4.18 Å². The Labute approximate surface area is 214 Å². The van der Waals surface area contributed by atoms with E-state index in [1.54, 1.807) is 18.2 Å². The molecule has 0 aromatic heterocycles. The predicted octanol–water partition coefficient (Wildman–Crippen LogP) is 6.42. The summed E-state index contributed by atoms with van der Waals surface area (Å²) in [5, 5.41) is 0.0673. The quantitative estimate of drug-likeness (QED) is 0.248. The van der Waals surface area contributed by atoms with Crippen LogP contribution in [0.3, 0.4) is 0 Å². The van der Waals surface area contributed by atoms with Crippen LogP contribution in [-0.2, 0) is 21.5 Å². The summed E-state index contributed by atoms with van der Waals surface area (Å²) in [5.41, 5.74) is 2.56. The van der Waals surface area contributed by atoms with Crippen molar-refractivity contribution in [3.05, 3.63) is 97.8 Å². The van der Waals surface area contributed by atoms with Crippen molar-refractivity contribution in [1.82, 2.24) is 4.90 Å². The first-order valence-corrected chi connectivity index (χ1v) is 13.3. The largest absolute Gasteiger partial charge is 0.378 e. The van der Waals surface area contributed by atoms with E-state index in [4.69, 9.17) is 15.8 Å². The molecule has 0 unspecified atom stereocenters. The van der Waals surface area contributed by atoms with Crippen molar-refractivity contribution in [2.45, 2.75) is 18.4 Å². The van der Waals surface area contributed by atoms with Crippen molar-refractivity contribution in [3.8, 4) is 5.75 Å². The Morgan fingerprint density at radius 1 is 1.03 bits per heavy atom. The number of hydrogen-bond acceptors (Lipinski definition) is 6. The van der Waals surface area contributed by atoms with Gasteiger partial charge >= 0.3 is 10.1 Å². The van der Waals surface area contributed by atoms with Crippen LogP contribution in [0.2, 0.25) is 5.02 Å². The van der Waals surface area contributed by atoms with Crippen molar-refractivity contribution < 1.29 is 22.2 Å². The second kappa shape index (κ2) is 9.95. The molecule has 10 heteroatoms. The molecule has 3 aromatic rings. The number of rotatable bonds is 6. The van der Waals surface area contributed by atoms with Crippen molar-refractivity contribution in [1.29, 1.82) is 0 Å². The summed E-state index contributed by atoms with van der Waals surface area (Å²) in [6, 6.07) is 17.9. The molecule has 0 saturated carbocycles. The van der Waals surface area contributed by atoms with E-state index >= 15 is 0 Å². The van der Waals surface area contributed by atoms with Crippen LogP contribution in [0, 0.1) is 6.92 Å². The maximum atomic E-state index is 12.8. The molecule has 6 nitrogen and oxygen atoms in total. The third-order valence-electron chi connectivity index (χ3n) is 4.89. The van der Waals surface area contributed by atoms with E-state index in [0.29, 0.717) is 15.1 Å². The number of hydrogen-bond donors (Lipinski definition) is 0. The van der Waals surface area contributed by atoms with E-state index in [2.05, 4.69) is 15.9 Å². The van der Waals surface area contributed by atoms with Gasteiger partial charge in [-0.25, -0.2) is 0 Å². The Hall–Kier alpha value is -2.59. The molecule has 34 heavy (non-hydrogen) atoms. The Morgan fingerprint density at radius 3 is 2.35 bits per heavy atom. The zero-order chi connectivity index (χ0) is 24.5. The third-order valence-corrected chi connectivity index (χ3v) is 7.92. The van der Waals surface area contributed by atoms with Gasteiger partial charge in [-0.15, -0.1) is 0 Å². The van der Waals surface area contributed by atoms with Gasteiger partial charge in [-0.3, -0.25) is 14.5 Å². The number of carbonyl (C=O) groups is 2. The lowest BCUT2D eigenvalue weighted by Gasteiger charge is -2.12. The van der Waals surface area contributed by atoms with E-state index in [-0.39, 0.29) is 33.2 Å². The summed E-state index contributed by atoms with van der Waals surface area (Å²) in [6.07, 6.45) is 1.59. The van der Waals surface area contributed by atoms with Gasteiger partial charge in [-0.2, -0.15) is 8.42 Å². The number of aryl methyl sites for hydroxylation is 1. The Bertz CT molecular complexity index is 1400. The molecular formula is C24H17BrClNO5S2. The van der Waals surface area contributed by atoms with Crippen LogP contribution in [0.4, 0.5) is 4.79 Å². The fraction of sp³-hybridized carbons (Fsp3) is 0.0833. The molecule has 0 bridgehead atoms. The lowest BCUT2D eigenvalue weighted by Crippen LogP contribution is -2.27. The van der Waals surface area contributed by atoms with Crippen molar-refractivity contribution in [2.75, 3.05) is 0 Å². The van der Waals surface area contributed by atoms with Gasteiger partial charge in [-0.05, 0) is 88.2 Å². The lowest BCUT2D eigenvalue weighted by atomic mass is 10.1. The smallest absolute Gasteiger partial charge is 0.339 e. The molecule has 1 aliphatic heterocycles. The van der Waals surface area contributed by atoms with Crippen LogP contribution in [-0.4, -0.2) is 24.5 Å². The van der Waals surface area contributed by atoms with Crippen LogP contribution >= 0.6 is 39.3 Å². The summed E-state index contributed by atoms with van der Waals surface area (Å²) in [6.45, 7) is 2.16. The zero-order valence-corrected chi connectivity index (χ0v) is 21.7.